The summed E-state index contributed by atoms with van der Waals surface area (Å²) in [6, 6.07) is 8.01. The summed E-state index contributed by atoms with van der Waals surface area (Å²) in [5, 5.41) is 4.06. The average molecular weight is 294 g/mol. The van der Waals surface area contributed by atoms with Crippen LogP contribution < -0.4 is 5.32 Å². The Bertz CT molecular complexity index is 568. The molecular formula is C15H20ClN3O. The van der Waals surface area contributed by atoms with E-state index in [1.54, 1.807) is 7.11 Å². The van der Waals surface area contributed by atoms with Gasteiger partial charge in [0.25, 0.3) is 0 Å². The number of rotatable bonds is 6. The van der Waals surface area contributed by atoms with Crippen LogP contribution in [0.5, 0.6) is 0 Å². The van der Waals surface area contributed by atoms with Crippen molar-refractivity contribution in [3.8, 4) is 0 Å². The Kier molecular flexibility index (Phi) is 5.04. The van der Waals surface area contributed by atoms with Gasteiger partial charge in [0.2, 0.25) is 5.95 Å². The van der Waals surface area contributed by atoms with Crippen LogP contribution in [0.4, 0.5) is 5.95 Å². The third-order valence-electron chi connectivity index (χ3n) is 3.21. The molecule has 5 heteroatoms. The van der Waals surface area contributed by atoms with Gasteiger partial charge in [-0.2, -0.15) is 0 Å². The molecule has 0 aliphatic carbocycles. The molecule has 0 saturated heterocycles. The van der Waals surface area contributed by atoms with Gasteiger partial charge in [0.05, 0.1) is 18.3 Å². The summed E-state index contributed by atoms with van der Waals surface area (Å²) in [5.41, 5.74) is 2.06. The molecule has 1 atom stereocenters. The summed E-state index contributed by atoms with van der Waals surface area (Å²) in [6.45, 7) is 5.47. The molecule has 1 aromatic carbocycles. The maximum absolute atomic E-state index is 6.28. The molecule has 1 N–H and O–H groups in total. The summed E-state index contributed by atoms with van der Waals surface area (Å²) in [5.74, 6) is 0.840. The molecule has 1 aromatic heterocycles. The first-order chi connectivity index (χ1) is 9.63. The van der Waals surface area contributed by atoms with Crippen molar-refractivity contribution < 1.29 is 4.74 Å². The van der Waals surface area contributed by atoms with E-state index in [1.807, 2.05) is 37.4 Å². The third kappa shape index (κ3) is 3.32. The number of ether oxygens (including phenoxy) is 1. The third-order valence-corrected chi connectivity index (χ3v) is 3.56. The predicted molar refractivity (Wildman–Crippen MR) is 82.6 cm³/mol. The molecule has 108 valence electrons. The molecule has 1 unspecified atom stereocenters. The maximum atomic E-state index is 6.28. The number of nitrogens with zero attached hydrogens (tertiary/aromatic N) is 2. The number of methoxy groups -OCH3 is 1. The lowest BCUT2D eigenvalue weighted by Crippen LogP contribution is -2.15. The fourth-order valence-electron chi connectivity index (χ4n) is 2.17. The van der Waals surface area contributed by atoms with Gasteiger partial charge in [-0.05, 0) is 25.5 Å². The van der Waals surface area contributed by atoms with Gasteiger partial charge in [0, 0.05) is 24.9 Å². The SMILES string of the molecule is COCCNc1nc(C)cn1C(C)c1ccccc1Cl. The number of aromatic nitrogens is 2. The number of halogens is 1. The number of hydrogen-bond acceptors (Lipinski definition) is 3. The summed E-state index contributed by atoms with van der Waals surface area (Å²) in [7, 11) is 1.69. The largest absolute Gasteiger partial charge is 0.383 e. The molecule has 0 spiro atoms. The van der Waals surface area contributed by atoms with Crippen molar-refractivity contribution in [2.24, 2.45) is 0 Å². The quantitative estimate of drug-likeness (QED) is 0.828. The van der Waals surface area contributed by atoms with E-state index in [1.165, 1.54) is 0 Å². The molecule has 0 bridgehead atoms. The Morgan fingerprint density at radius 2 is 2.15 bits per heavy atom. The summed E-state index contributed by atoms with van der Waals surface area (Å²) in [4.78, 5) is 4.51. The fraction of sp³-hybridized carbons (Fsp3) is 0.400. The second kappa shape index (κ2) is 6.77. The zero-order valence-corrected chi connectivity index (χ0v) is 12.8. The van der Waals surface area contributed by atoms with E-state index in [0.717, 1.165) is 28.8 Å². The molecule has 2 aromatic rings. The highest BCUT2D eigenvalue weighted by molar-refractivity contribution is 6.31. The number of imidazole rings is 1. The number of benzene rings is 1. The molecule has 4 nitrogen and oxygen atoms in total. The standard InChI is InChI=1S/C15H20ClN3O/c1-11-10-19(15(18-11)17-8-9-20-3)12(2)13-6-4-5-7-14(13)16/h4-7,10,12H,8-9H2,1-3H3,(H,17,18). The van der Waals surface area contributed by atoms with E-state index in [-0.39, 0.29) is 6.04 Å². The first-order valence-corrected chi connectivity index (χ1v) is 7.04. The van der Waals surface area contributed by atoms with Gasteiger partial charge in [-0.1, -0.05) is 29.8 Å². The van der Waals surface area contributed by atoms with Crippen LogP contribution in [0.25, 0.3) is 0 Å². The molecule has 0 aliphatic rings. The van der Waals surface area contributed by atoms with Crippen LogP contribution >= 0.6 is 11.6 Å². The zero-order chi connectivity index (χ0) is 14.5. The van der Waals surface area contributed by atoms with Crippen molar-refractivity contribution in [2.75, 3.05) is 25.6 Å². The molecule has 1 heterocycles. The Morgan fingerprint density at radius 1 is 1.40 bits per heavy atom. The van der Waals surface area contributed by atoms with Crippen molar-refractivity contribution in [1.29, 1.82) is 0 Å². The summed E-state index contributed by atoms with van der Waals surface area (Å²) >= 11 is 6.28. The van der Waals surface area contributed by atoms with Gasteiger partial charge in [-0.25, -0.2) is 4.98 Å². The molecule has 0 aliphatic heterocycles. The van der Waals surface area contributed by atoms with E-state index >= 15 is 0 Å². The van der Waals surface area contributed by atoms with Crippen LogP contribution in [-0.2, 0) is 4.74 Å². The molecule has 2 rings (SSSR count). The van der Waals surface area contributed by atoms with E-state index in [2.05, 4.69) is 21.8 Å². The first-order valence-electron chi connectivity index (χ1n) is 6.66. The van der Waals surface area contributed by atoms with Gasteiger partial charge >= 0.3 is 0 Å². The van der Waals surface area contributed by atoms with Crippen LogP contribution in [0.1, 0.15) is 24.2 Å². The molecule has 0 fully saturated rings. The minimum Gasteiger partial charge on any atom is -0.383 e. The zero-order valence-electron chi connectivity index (χ0n) is 12.1. The molecule has 0 amide bonds. The van der Waals surface area contributed by atoms with E-state index < -0.39 is 0 Å². The van der Waals surface area contributed by atoms with Crippen LogP contribution in [0.2, 0.25) is 5.02 Å². The summed E-state index contributed by atoms with van der Waals surface area (Å²) in [6.07, 6.45) is 2.03. The lowest BCUT2D eigenvalue weighted by atomic mass is 10.1. The van der Waals surface area contributed by atoms with E-state index in [4.69, 9.17) is 16.3 Å². The van der Waals surface area contributed by atoms with Crippen LogP contribution in [0, 0.1) is 6.92 Å². The Balaban J connectivity index is 2.25. The number of nitrogens with one attached hydrogen (secondary N) is 1. The minimum atomic E-state index is 0.120. The van der Waals surface area contributed by atoms with Gasteiger partial charge in [0.15, 0.2) is 0 Å². The predicted octanol–water partition coefficient (Wildman–Crippen LogP) is 3.51. The highest BCUT2D eigenvalue weighted by Crippen LogP contribution is 2.28. The van der Waals surface area contributed by atoms with Crippen molar-refractivity contribution >= 4 is 17.5 Å². The lowest BCUT2D eigenvalue weighted by molar-refractivity contribution is 0.210. The van der Waals surface area contributed by atoms with Crippen LogP contribution in [0.15, 0.2) is 30.5 Å². The van der Waals surface area contributed by atoms with Crippen LogP contribution in [-0.4, -0.2) is 29.8 Å². The van der Waals surface area contributed by atoms with Crippen molar-refractivity contribution in [2.45, 2.75) is 19.9 Å². The number of hydrogen-bond donors (Lipinski definition) is 1. The van der Waals surface area contributed by atoms with Crippen LogP contribution in [0.3, 0.4) is 0 Å². The Morgan fingerprint density at radius 3 is 2.85 bits per heavy atom. The van der Waals surface area contributed by atoms with Gasteiger partial charge in [0.1, 0.15) is 0 Å². The molecular weight excluding hydrogens is 274 g/mol. The number of aryl methyl sites for hydroxylation is 1. The second-order valence-corrected chi connectivity index (χ2v) is 5.14. The Hall–Kier alpha value is -1.52. The Labute approximate surface area is 124 Å². The van der Waals surface area contributed by atoms with Crippen molar-refractivity contribution in [3.05, 3.63) is 46.7 Å². The minimum absolute atomic E-state index is 0.120. The molecule has 0 saturated carbocycles. The van der Waals surface area contributed by atoms with E-state index in [0.29, 0.717) is 6.61 Å². The average Bonchev–Trinajstić information content (AvgIpc) is 2.80. The highest BCUT2D eigenvalue weighted by atomic mass is 35.5. The first kappa shape index (κ1) is 14.9. The number of anilines is 1. The highest BCUT2D eigenvalue weighted by Gasteiger charge is 2.15. The molecule has 20 heavy (non-hydrogen) atoms. The van der Waals surface area contributed by atoms with Crippen molar-refractivity contribution in [3.63, 3.8) is 0 Å². The lowest BCUT2D eigenvalue weighted by Gasteiger charge is -2.18. The van der Waals surface area contributed by atoms with Crippen molar-refractivity contribution in [1.82, 2.24) is 9.55 Å². The monoisotopic (exact) mass is 293 g/mol. The van der Waals surface area contributed by atoms with E-state index in [9.17, 15) is 0 Å². The smallest absolute Gasteiger partial charge is 0.203 e. The topological polar surface area (TPSA) is 39.1 Å². The second-order valence-electron chi connectivity index (χ2n) is 4.73. The van der Waals surface area contributed by atoms with Gasteiger partial charge in [-0.15, -0.1) is 0 Å². The fourth-order valence-corrected chi connectivity index (χ4v) is 2.46. The van der Waals surface area contributed by atoms with Gasteiger partial charge < -0.3 is 14.6 Å². The summed E-state index contributed by atoms with van der Waals surface area (Å²) < 4.78 is 7.16. The maximum Gasteiger partial charge on any atom is 0.203 e. The van der Waals surface area contributed by atoms with Gasteiger partial charge in [-0.3, -0.25) is 0 Å². The molecule has 0 radical (unpaired) electrons. The normalized spacial score (nSPS) is 12.4.